The van der Waals surface area contributed by atoms with E-state index in [2.05, 4.69) is 16.8 Å². The van der Waals surface area contributed by atoms with E-state index in [0.29, 0.717) is 10.7 Å². The van der Waals surface area contributed by atoms with Crippen molar-refractivity contribution < 1.29 is 23.1 Å². The first kappa shape index (κ1) is 24.0. The first-order valence-corrected chi connectivity index (χ1v) is 12.2. The summed E-state index contributed by atoms with van der Waals surface area (Å²) < 4.78 is 28.7. The maximum Gasteiger partial charge on any atom is 0.348 e. The second-order valence-corrected chi connectivity index (χ2v) is 11.7. The molecule has 3 heterocycles. The molecule has 0 radical (unpaired) electrons. The standard InChI is InChI=1S/C21H26N4O5S2/c1-13-10-24(32(29,30)17-11-23(6)14(2)22-17)12-18(26)25(13)16-9-15(7-8-21(3,4)5)31-19(16)20(27)28/h9,11,13H,10,12H2,1-6H3,(H,27,28)/t13-/m1/s1. The lowest BCUT2D eigenvalue weighted by molar-refractivity contribution is -0.120. The van der Waals surface area contributed by atoms with Gasteiger partial charge in [0.2, 0.25) is 5.91 Å². The van der Waals surface area contributed by atoms with Gasteiger partial charge in [0.15, 0.2) is 5.03 Å². The molecule has 1 aliphatic rings. The lowest BCUT2D eigenvalue weighted by Crippen LogP contribution is -2.57. The lowest BCUT2D eigenvalue weighted by Gasteiger charge is -2.38. The number of rotatable bonds is 4. The van der Waals surface area contributed by atoms with E-state index < -0.39 is 34.5 Å². The molecule has 0 unspecified atom stereocenters. The van der Waals surface area contributed by atoms with Crippen LogP contribution in [0.15, 0.2) is 17.3 Å². The van der Waals surface area contributed by atoms with E-state index in [1.807, 2.05) is 20.8 Å². The second kappa shape index (κ2) is 8.35. The Morgan fingerprint density at radius 3 is 2.50 bits per heavy atom. The molecule has 2 aromatic heterocycles. The van der Waals surface area contributed by atoms with Crippen molar-refractivity contribution >= 4 is 38.9 Å². The molecule has 0 aliphatic carbocycles. The number of aromatic carboxylic acids is 1. The van der Waals surface area contributed by atoms with Crippen molar-refractivity contribution in [2.75, 3.05) is 18.0 Å². The third-order valence-corrected chi connectivity index (χ3v) is 7.62. The molecule has 2 aromatic rings. The Bertz CT molecular complexity index is 1220. The van der Waals surface area contributed by atoms with Gasteiger partial charge >= 0.3 is 5.97 Å². The molecule has 1 N–H and O–H groups in total. The molecule has 1 atom stereocenters. The van der Waals surface area contributed by atoms with Crippen molar-refractivity contribution in [1.29, 1.82) is 0 Å². The smallest absolute Gasteiger partial charge is 0.348 e. The Hall–Kier alpha value is -2.68. The van der Waals surface area contributed by atoms with E-state index in [1.54, 1.807) is 31.5 Å². The average Bonchev–Trinajstić information content (AvgIpc) is 3.23. The predicted octanol–water partition coefficient (Wildman–Crippen LogP) is 2.31. The number of imidazole rings is 1. The van der Waals surface area contributed by atoms with Crippen molar-refractivity contribution in [2.45, 2.75) is 45.7 Å². The molecule has 32 heavy (non-hydrogen) atoms. The van der Waals surface area contributed by atoms with Crippen LogP contribution in [0.4, 0.5) is 5.69 Å². The van der Waals surface area contributed by atoms with Crippen LogP contribution >= 0.6 is 11.3 Å². The SMILES string of the molecule is Cc1nc(S(=O)(=O)N2CC(=O)N(c3cc(C#CC(C)(C)C)sc3C(=O)O)[C@H](C)C2)cn1C. The van der Waals surface area contributed by atoms with Crippen molar-refractivity contribution in [2.24, 2.45) is 12.5 Å². The first-order chi connectivity index (χ1) is 14.7. The van der Waals surface area contributed by atoms with Crippen LogP contribution in [0.3, 0.4) is 0 Å². The molecule has 1 aliphatic heterocycles. The summed E-state index contributed by atoms with van der Waals surface area (Å²) in [7, 11) is -2.27. The summed E-state index contributed by atoms with van der Waals surface area (Å²) in [6.07, 6.45) is 1.41. The summed E-state index contributed by atoms with van der Waals surface area (Å²) in [4.78, 5) is 30.9. The molecule has 0 bridgehead atoms. The van der Waals surface area contributed by atoms with Crippen LogP contribution < -0.4 is 4.90 Å². The molecule has 1 amide bonds. The van der Waals surface area contributed by atoms with Crippen LogP contribution in [0, 0.1) is 24.2 Å². The van der Waals surface area contributed by atoms with Gasteiger partial charge in [-0.25, -0.2) is 18.2 Å². The number of amides is 1. The van der Waals surface area contributed by atoms with Crippen molar-refractivity contribution in [1.82, 2.24) is 13.9 Å². The van der Waals surface area contributed by atoms with Crippen molar-refractivity contribution in [3.8, 4) is 11.8 Å². The summed E-state index contributed by atoms with van der Waals surface area (Å²) in [6, 6.07) is 1.01. The molecule has 9 nitrogen and oxygen atoms in total. The number of thiophene rings is 1. The zero-order valence-corrected chi connectivity index (χ0v) is 20.5. The highest BCUT2D eigenvalue weighted by molar-refractivity contribution is 7.89. The normalized spacial score (nSPS) is 17.9. The van der Waals surface area contributed by atoms with Gasteiger partial charge < -0.3 is 14.6 Å². The van der Waals surface area contributed by atoms with Crippen LogP contribution in [0.5, 0.6) is 0 Å². The Kier molecular flexibility index (Phi) is 6.25. The van der Waals surface area contributed by atoms with E-state index >= 15 is 0 Å². The number of carboxylic acids is 1. The number of nitrogens with zero attached hydrogens (tertiary/aromatic N) is 4. The van der Waals surface area contributed by atoms with Gasteiger partial charge in [0.25, 0.3) is 10.0 Å². The maximum atomic E-state index is 13.0. The minimum Gasteiger partial charge on any atom is -0.477 e. The van der Waals surface area contributed by atoms with Crippen molar-refractivity contribution in [3.63, 3.8) is 0 Å². The molecule has 1 fully saturated rings. The van der Waals surface area contributed by atoms with E-state index in [9.17, 15) is 23.1 Å². The molecular formula is C21H26N4O5S2. The topological polar surface area (TPSA) is 113 Å². The Balaban J connectivity index is 1.94. The number of carbonyl (C=O) groups is 2. The molecule has 11 heteroatoms. The number of carboxylic acid groups (broad SMARTS) is 1. The van der Waals surface area contributed by atoms with E-state index in [4.69, 9.17) is 0 Å². The van der Waals surface area contributed by atoms with Crippen LogP contribution in [0.2, 0.25) is 0 Å². The zero-order valence-electron chi connectivity index (χ0n) is 18.8. The summed E-state index contributed by atoms with van der Waals surface area (Å²) in [5, 5.41) is 9.56. The summed E-state index contributed by atoms with van der Waals surface area (Å²) in [6.45, 7) is 8.83. The molecular weight excluding hydrogens is 452 g/mol. The minimum absolute atomic E-state index is 0.0000622. The third kappa shape index (κ3) is 4.72. The summed E-state index contributed by atoms with van der Waals surface area (Å²) in [5.41, 5.74) is -0.0237. The van der Waals surface area contributed by atoms with Crippen LogP contribution in [0.25, 0.3) is 0 Å². The van der Waals surface area contributed by atoms with Gasteiger partial charge in [0, 0.05) is 31.2 Å². The maximum absolute atomic E-state index is 13.0. The fraction of sp³-hybridized carbons (Fsp3) is 0.476. The highest BCUT2D eigenvalue weighted by atomic mass is 32.2. The van der Waals surface area contributed by atoms with Crippen molar-refractivity contribution in [3.05, 3.63) is 27.8 Å². The molecule has 0 aromatic carbocycles. The number of anilines is 1. The number of hydrogen-bond acceptors (Lipinski definition) is 6. The van der Waals surface area contributed by atoms with Gasteiger partial charge in [-0.1, -0.05) is 11.8 Å². The fourth-order valence-corrected chi connectivity index (χ4v) is 5.61. The molecule has 1 saturated heterocycles. The Labute approximate surface area is 191 Å². The number of hydrogen-bond donors (Lipinski definition) is 1. The van der Waals surface area contributed by atoms with E-state index in [0.717, 1.165) is 15.6 Å². The van der Waals surface area contributed by atoms with Gasteiger partial charge in [0.05, 0.1) is 17.1 Å². The Morgan fingerprint density at radius 1 is 1.34 bits per heavy atom. The van der Waals surface area contributed by atoms with Crippen LogP contribution in [-0.2, 0) is 21.9 Å². The second-order valence-electron chi connectivity index (χ2n) is 8.78. The number of carbonyl (C=O) groups excluding carboxylic acids is 1. The monoisotopic (exact) mass is 478 g/mol. The van der Waals surface area contributed by atoms with Gasteiger partial charge in [-0.05, 0) is 40.7 Å². The quantitative estimate of drug-likeness (QED) is 0.675. The first-order valence-electron chi connectivity index (χ1n) is 9.93. The Morgan fingerprint density at radius 2 is 2.00 bits per heavy atom. The van der Waals surface area contributed by atoms with Crippen LogP contribution in [-0.4, -0.2) is 58.4 Å². The van der Waals surface area contributed by atoms with Crippen LogP contribution in [0.1, 0.15) is 48.1 Å². The lowest BCUT2D eigenvalue weighted by atomic mass is 9.98. The molecule has 172 valence electrons. The third-order valence-electron chi connectivity index (χ3n) is 4.91. The minimum atomic E-state index is -3.96. The largest absolute Gasteiger partial charge is 0.477 e. The van der Waals surface area contributed by atoms with Gasteiger partial charge in [-0.3, -0.25) is 4.79 Å². The molecule has 3 rings (SSSR count). The summed E-state index contributed by atoms with van der Waals surface area (Å²) in [5.74, 6) is 4.92. The van der Waals surface area contributed by atoms with Gasteiger partial charge in [-0.2, -0.15) is 4.31 Å². The molecule has 0 saturated carbocycles. The van der Waals surface area contributed by atoms with E-state index in [-0.39, 0.29) is 27.6 Å². The number of aryl methyl sites for hydroxylation is 2. The summed E-state index contributed by atoms with van der Waals surface area (Å²) >= 11 is 1.00. The fourth-order valence-electron chi connectivity index (χ4n) is 3.28. The number of piperazine rings is 1. The molecule has 0 spiro atoms. The van der Waals surface area contributed by atoms with E-state index in [1.165, 1.54) is 11.1 Å². The average molecular weight is 479 g/mol. The predicted molar refractivity (Wildman–Crippen MR) is 121 cm³/mol. The highest BCUT2D eigenvalue weighted by Crippen LogP contribution is 2.34. The van der Waals surface area contributed by atoms with Gasteiger partial charge in [-0.15, -0.1) is 11.3 Å². The highest BCUT2D eigenvalue weighted by Gasteiger charge is 2.40. The number of aromatic nitrogens is 2. The number of sulfonamides is 1. The zero-order chi connectivity index (χ0) is 24.0. The van der Waals surface area contributed by atoms with Gasteiger partial charge in [0.1, 0.15) is 10.7 Å².